The molecule has 0 atom stereocenters. The molecule has 0 spiro atoms. The van der Waals surface area contributed by atoms with Crippen LogP contribution in [0.1, 0.15) is 16.7 Å². The van der Waals surface area contributed by atoms with Crippen LogP contribution in [0.5, 0.6) is 11.5 Å². The maximum Gasteiger partial charge on any atom is 0.122 e. The van der Waals surface area contributed by atoms with E-state index in [1.807, 2.05) is 12.1 Å². The molecule has 2 aromatic rings. The Morgan fingerprint density at radius 1 is 1.00 bits per heavy atom. The van der Waals surface area contributed by atoms with Crippen molar-refractivity contribution in [2.45, 2.75) is 13.0 Å². The molecule has 0 unspecified atom stereocenters. The van der Waals surface area contributed by atoms with Crippen molar-refractivity contribution < 1.29 is 9.47 Å². The Morgan fingerprint density at radius 3 is 2.56 bits per heavy atom. The number of benzene rings is 2. The van der Waals surface area contributed by atoms with Gasteiger partial charge in [0.1, 0.15) is 18.1 Å². The van der Waals surface area contributed by atoms with Crippen molar-refractivity contribution >= 4 is 0 Å². The highest BCUT2D eigenvalue weighted by Gasteiger charge is 2.18. The zero-order valence-corrected chi connectivity index (χ0v) is 15.6. The van der Waals surface area contributed by atoms with Crippen LogP contribution >= 0.6 is 0 Å². The average molecular weight is 363 g/mol. The van der Waals surface area contributed by atoms with Gasteiger partial charge in [0, 0.05) is 45.7 Å². The van der Waals surface area contributed by atoms with Crippen LogP contribution in [-0.2, 0) is 13.0 Å². The molecule has 27 heavy (non-hydrogen) atoms. The summed E-state index contributed by atoms with van der Waals surface area (Å²) in [5.41, 5.74) is 3.40. The summed E-state index contributed by atoms with van der Waals surface area (Å²) >= 11 is 0. The van der Waals surface area contributed by atoms with Gasteiger partial charge < -0.3 is 9.47 Å². The standard InChI is InChI=1S/C22H25N3O2/c23-16-18-1-4-21(5-2-18)26-14-12-24-8-10-25(11-9-24)17-19-3-6-22-20(15-19)7-13-27-22/h1-6,15H,7-14,17H2. The monoisotopic (exact) mass is 363 g/mol. The maximum atomic E-state index is 8.82. The van der Waals surface area contributed by atoms with Crippen LogP contribution in [0.2, 0.25) is 0 Å². The van der Waals surface area contributed by atoms with E-state index in [1.165, 1.54) is 11.1 Å². The van der Waals surface area contributed by atoms with Crippen molar-refractivity contribution in [2.75, 3.05) is 45.9 Å². The molecule has 0 aromatic heterocycles. The van der Waals surface area contributed by atoms with Crippen LogP contribution in [0, 0.1) is 11.3 Å². The largest absolute Gasteiger partial charge is 0.493 e. The number of hydrogen-bond donors (Lipinski definition) is 0. The van der Waals surface area contributed by atoms with E-state index in [2.05, 4.69) is 34.1 Å². The Balaban J connectivity index is 1.18. The van der Waals surface area contributed by atoms with Crippen LogP contribution in [0.3, 0.4) is 0 Å². The van der Waals surface area contributed by atoms with Gasteiger partial charge in [0.15, 0.2) is 0 Å². The van der Waals surface area contributed by atoms with Gasteiger partial charge in [0.2, 0.25) is 0 Å². The summed E-state index contributed by atoms with van der Waals surface area (Å²) in [6, 6.07) is 16.0. The number of nitriles is 1. The Labute approximate surface area is 160 Å². The van der Waals surface area contributed by atoms with Crippen molar-refractivity contribution in [3.63, 3.8) is 0 Å². The summed E-state index contributed by atoms with van der Waals surface area (Å²) in [7, 11) is 0. The van der Waals surface area contributed by atoms with Crippen LogP contribution < -0.4 is 9.47 Å². The first-order valence-corrected chi connectivity index (χ1v) is 9.62. The number of fused-ring (bicyclic) bond motifs is 1. The summed E-state index contributed by atoms with van der Waals surface area (Å²) in [6.45, 7) is 7.77. The first-order chi connectivity index (χ1) is 13.3. The Bertz CT molecular complexity index is 805. The highest BCUT2D eigenvalue weighted by Crippen LogP contribution is 2.26. The molecule has 0 amide bonds. The molecule has 0 N–H and O–H groups in total. The van der Waals surface area contributed by atoms with Crippen molar-refractivity contribution in [3.8, 4) is 17.6 Å². The first kappa shape index (κ1) is 17.8. The van der Waals surface area contributed by atoms with Gasteiger partial charge in [-0.2, -0.15) is 5.26 Å². The topological polar surface area (TPSA) is 48.7 Å². The fourth-order valence-electron chi connectivity index (χ4n) is 3.69. The highest BCUT2D eigenvalue weighted by molar-refractivity contribution is 5.39. The predicted molar refractivity (Wildman–Crippen MR) is 104 cm³/mol. The van der Waals surface area contributed by atoms with E-state index in [9.17, 15) is 0 Å². The number of rotatable bonds is 6. The maximum absolute atomic E-state index is 8.82. The Kier molecular flexibility index (Phi) is 5.57. The molecule has 0 bridgehead atoms. The van der Waals surface area contributed by atoms with Crippen molar-refractivity contribution in [1.29, 1.82) is 5.26 Å². The Hall–Kier alpha value is -2.55. The minimum Gasteiger partial charge on any atom is -0.493 e. The van der Waals surface area contributed by atoms with Crippen molar-refractivity contribution in [2.24, 2.45) is 0 Å². The lowest BCUT2D eigenvalue weighted by atomic mass is 10.1. The number of nitrogens with zero attached hydrogens (tertiary/aromatic N) is 3. The van der Waals surface area contributed by atoms with E-state index < -0.39 is 0 Å². The molecule has 2 aliphatic rings. The fourth-order valence-corrected chi connectivity index (χ4v) is 3.69. The van der Waals surface area contributed by atoms with Crippen LogP contribution in [0.4, 0.5) is 0 Å². The van der Waals surface area contributed by atoms with Crippen LogP contribution in [0.25, 0.3) is 0 Å². The molecule has 1 fully saturated rings. The molecule has 5 nitrogen and oxygen atoms in total. The third kappa shape index (κ3) is 4.60. The minimum atomic E-state index is 0.661. The van der Waals surface area contributed by atoms with Gasteiger partial charge >= 0.3 is 0 Å². The summed E-state index contributed by atoms with van der Waals surface area (Å²) < 4.78 is 11.4. The van der Waals surface area contributed by atoms with Gasteiger partial charge in [0.05, 0.1) is 18.2 Å². The molecule has 140 valence electrons. The average Bonchev–Trinajstić information content (AvgIpc) is 3.18. The second-order valence-electron chi connectivity index (χ2n) is 7.14. The number of hydrogen-bond acceptors (Lipinski definition) is 5. The van der Waals surface area contributed by atoms with E-state index in [0.29, 0.717) is 12.2 Å². The van der Waals surface area contributed by atoms with Gasteiger partial charge in [-0.3, -0.25) is 9.80 Å². The molecule has 0 saturated carbocycles. The molecule has 2 heterocycles. The van der Waals surface area contributed by atoms with Gasteiger partial charge in [0.25, 0.3) is 0 Å². The third-order valence-electron chi connectivity index (χ3n) is 5.28. The van der Waals surface area contributed by atoms with Gasteiger partial charge in [-0.05, 0) is 41.5 Å². The smallest absolute Gasteiger partial charge is 0.122 e. The van der Waals surface area contributed by atoms with Crippen molar-refractivity contribution in [3.05, 3.63) is 59.2 Å². The van der Waals surface area contributed by atoms with E-state index >= 15 is 0 Å². The minimum absolute atomic E-state index is 0.661. The van der Waals surface area contributed by atoms with E-state index in [4.69, 9.17) is 14.7 Å². The molecule has 4 rings (SSSR count). The van der Waals surface area contributed by atoms with E-state index in [0.717, 1.165) is 63.8 Å². The molecule has 0 radical (unpaired) electrons. The Morgan fingerprint density at radius 2 is 1.78 bits per heavy atom. The molecular weight excluding hydrogens is 338 g/mol. The van der Waals surface area contributed by atoms with Crippen molar-refractivity contribution in [1.82, 2.24) is 9.80 Å². The number of ether oxygens (including phenoxy) is 2. The quantitative estimate of drug-likeness (QED) is 0.790. The second kappa shape index (κ2) is 8.43. The van der Waals surface area contributed by atoms with E-state index in [-0.39, 0.29) is 0 Å². The highest BCUT2D eigenvalue weighted by atomic mass is 16.5. The zero-order chi connectivity index (χ0) is 18.5. The number of piperazine rings is 1. The van der Waals surface area contributed by atoms with Gasteiger partial charge in [-0.25, -0.2) is 0 Å². The summed E-state index contributed by atoms with van der Waals surface area (Å²) in [4.78, 5) is 4.98. The SMILES string of the molecule is N#Cc1ccc(OCCN2CCN(Cc3ccc4c(c3)CCO4)CC2)cc1. The van der Waals surface area contributed by atoms with Crippen LogP contribution in [-0.4, -0.2) is 55.7 Å². The molecule has 2 aromatic carbocycles. The first-order valence-electron chi connectivity index (χ1n) is 9.62. The fraction of sp³-hybridized carbons (Fsp3) is 0.409. The third-order valence-corrected chi connectivity index (χ3v) is 5.28. The van der Waals surface area contributed by atoms with Gasteiger partial charge in [-0.1, -0.05) is 12.1 Å². The molecule has 2 aliphatic heterocycles. The predicted octanol–water partition coefficient (Wildman–Crippen LogP) is 2.69. The molecule has 0 aliphatic carbocycles. The normalized spacial score (nSPS) is 17.1. The lowest BCUT2D eigenvalue weighted by Gasteiger charge is -2.34. The second-order valence-corrected chi connectivity index (χ2v) is 7.14. The molecular formula is C22H25N3O2. The summed E-state index contributed by atoms with van der Waals surface area (Å²) in [6.07, 6.45) is 1.04. The molecule has 1 saturated heterocycles. The zero-order valence-electron chi connectivity index (χ0n) is 15.6. The van der Waals surface area contributed by atoms with Gasteiger partial charge in [-0.15, -0.1) is 0 Å². The summed E-state index contributed by atoms with van der Waals surface area (Å²) in [5.74, 6) is 1.89. The lowest BCUT2D eigenvalue weighted by Crippen LogP contribution is -2.47. The molecule has 5 heteroatoms. The van der Waals surface area contributed by atoms with Crippen LogP contribution in [0.15, 0.2) is 42.5 Å². The summed E-state index contributed by atoms with van der Waals surface area (Å²) in [5, 5.41) is 8.82. The van der Waals surface area contributed by atoms with E-state index in [1.54, 1.807) is 12.1 Å². The lowest BCUT2D eigenvalue weighted by molar-refractivity contribution is 0.112.